The molecule has 1 unspecified atom stereocenters. The number of nitrogens with zero attached hydrogens (tertiary/aromatic N) is 1. The number of rotatable bonds is 3. The number of halogens is 1. The monoisotopic (exact) mass is 604 g/mol. The smallest absolute Gasteiger partial charge is 0.254 e. The van der Waals surface area contributed by atoms with Crippen LogP contribution in [0.1, 0.15) is 57.5 Å². The second kappa shape index (κ2) is 15.5. The van der Waals surface area contributed by atoms with Crippen LogP contribution in [0.15, 0.2) is 66.7 Å². The van der Waals surface area contributed by atoms with Gasteiger partial charge in [0.05, 0.1) is 0 Å². The molecule has 1 fully saturated rings. The zero-order valence-electron chi connectivity index (χ0n) is 24.4. The Morgan fingerprint density at radius 1 is 0.860 bits per heavy atom. The van der Waals surface area contributed by atoms with Gasteiger partial charge >= 0.3 is 0 Å². The number of hydrogen-bond acceptors (Lipinski definition) is 5. The number of fused-ring (bicyclic) bond motifs is 5. The molecule has 1 saturated heterocycles. The molecular formula is C34H41ClN4O4. The van der Waals surface area contributed by atoms with Gasteiger partial charge in [0.1, 0.15) is 5.75 Å². The summed E-state index contributed by atoms with van der Waals surface area (Å²) in [5, 5.41) is 19.9. The Morgan fingerprint density at radius 2 is 1.67 bits per heavy atom. The number of hydrogen-bond donors (Lipinski definition) is 4. The fraction of sp³-hybridized carbons (Fsp3) is 0.382. The number of carbonyl (C=O) groups excluding carboxylic acids is 3. The van der Waals surface area contributed by atoms with Crippen LogP contribution in [0.4, 0.5) is 0 Å². The molecule has 5 rings (SSSR count). The summed E-state index contributed by atoms with van der Waals surface area (Å²) < 4.78 is 0. The van der Waals surface area contributed by atoms with Crippen molar-refractivity contribution < 1.29 is 19.5 Å². The molecule has 3 aromatic rings. The molecule has 8 nitrogen and oxygen atoms in total. The van der Waals surface area contributed by atoms with E-state index in [2.05, 4.69) is 16.0 Å². The summed E-state index contributed by atoms with van der Waals surface area (Å²) >= 11 is 0. The average molecular weight is 605 g/mol. The molecule has 2 aliphatic rings. The summed E-state index contributed by atoms with van der Waals surface area (Å²) in [6, 6.07) is 20.4. The van der Waals surface area contributed by atoms with E-state index in [9.17, 15) is 19.5 Å². The molecule has 4 bridgehead atoms. The predicted octanol–water partition coefficient (Wildman–Crippen LogP) is 4.35. The molecule has 9 heteroatoms. The molecule has 4 N–H and O–H groups in total. The van der Waals surface area contributed by atoms with Gasteiger partial charge in [0.2, 0.25) is 5.91 Å². The zero-order valence-corrected chi connectivity index (χ0v) is 25.3. The quantitative estimate of drug-likeness (QED) is 0.355. The lowest BCUT2D eigenvalue weighted by Gasteiger charge is -2.24. The van der Waals surface area contributed by atoms with E-state index in [4.69, 9.17) is 0 Å². The Kier molecular flexibility index (Phi) is 11.6. The van der Waals surface area contributed by atoms with Gasteiger partial charge in [-0.2, -0.15) is 0 Å². The lowest BCUT2D eigenvalue weighted by molar-refractivity contribution is -0.121. The highest BCUT2D eigenvalue weighted by atomic mass is 35.5. The Balaban J connectivity index is 0.00000423. The van der Waals surface area contributed by atoms with Crippen LogP contribution >= 0.6 is 12.4 Å². The van der Waals surface area contributed by atoms with Gasteiger partial charge in [0.15, 0.2) is 0 Å². The fourth-order valence-corrected chi connectivity index (χ4v) is 5.83. The van der Waals surface area contributed by atoms with Gasteiger partial charge in [-0.25, -0.2) is 0 Å². The van der Waals surface area contributed by atoms with Gasteiger partial charge < -0.3 is 26.0 Å². The maximum absolute atomic E-state index is 13.8. The maximum Gasteiger partial charge on any atom is 0.254 e. The molecule has 0 saturated carbocycles. The molecule has 1 atom stereocenters. The Hall–Kier alpha value is -3.88. The number of aromatic hydroxyl groups is 1. The van der Waals surface area contributed by atoms with Crippen LogP contribution < -0.4 is 16.0 Å². The van der Waals surface area contributed by atoms with Crippen molar-refractivity contribution >= 4 is 30.1 Å². The molecule has 228 valence electrons. The van der Waals surface area contributed by atoms with Crippen LogP contribution in [0.3, 0.4) is 0 Å². The molecule has 2 heterocycles. The summed E-state index contributed by atoms with van der Waals surface area (Å²) in [5.74, 6) is 0.382. The molecular weight excluding hydrogens is 564 g/mol. The number of amides is 3. The normalized spacial score (nSPS) is 18.3. The molecule has 2 aliphatic heterocycles. The molecule has 43 heavy (non-hydrogen) atoms. The highest BCUT2D eigenvalue weighted by Crippen LogP contribution is 2.31. The van der Waals surface area contributed by atoms with Crippen LogP contribution in [0.5, 0.6) is 5.75 Å². The highest BCUT2D eigenvalue weighted by molar-refractivity contribution is 5.96. The third-order valence-electron chi connectivity index (χ3n) is 8.16. The van der Waals surface area contributed by atoms with Crippen molar-refractivity contribution in [3.05, 3.63) is 89.0 Å². The van der Waals surface area contributed by atoms with Crippen molar-refractivity contribution in [2.45, 2.75) is 38.5 Å². The van der Waals surface area contributed by atoms with E-state index in [0.717, 1.165) is 48.2 Å². The molecule has 0 spiro atoms. The van der Waals surface area contributed by atoms with E-state index < -0.39 is 0 Å². The van der Waals surface area contributed by atoms with Gasteiger partial charge in [-0.1, -0.05) is 36.4 Å². The second-order valence-corrected chi connectivity index (χ2v) is 11.3. The largest absolute Gasteiger partial charge is 0.507 e. The van der Waals surface area contributed by atoms with Gasteiger partial charge in [-0.05, 0) is 98.1 Å². The Labute approximate surface area is 259 Å². The van der Waals surface area contributed by atoms with Crippen molar-refractivity contribution in [3.63, 3.8) is 0 Å². The third-order valence-corrected chi connectivity index (χ3v) is 8.16. The third kappa shape index (κ3) is 8.58. The van der Waals surface area contributed by atoms with Crippen LogP contribution in [0.25, 0.3) is 11.1 Å². The minimum Gasteiger partial charge on any atom is -0.507 e. The van der Waals surface area contributed by atoms with Crippen molar-refractivity contribution in [2.75, 3.05) is 39.3 Å². The van der Waals surface area contributed by atoms with E-state index in [0.29, 0.717) is 68.9 Å². The first-order valence-corrected chi connectivity index (χ1v) is 15.0. The van der Waals surface area contributed by atoms with E-state index in [1.165, 1.54) is 0 Å². The number of nitrogens with one attached hydrogen (secondary N) is 3. The zero-order chi connectivity index (χ0) is 29.3. The van der Waals surface area contributed by atoms with Gasteiger partial charge in [-0.3, -0.25) is 14.4 Å². The topological polar surface area (TPSA) is 111 Å². The molecule has 3 amide bonds. The SMILES string of the molecule is Cl.O=C1CCCN(C(=O)c2ccccc2CC2CCNC2)CCCNC(=O)c2cccc(c2)-c2cc(ccc2O)CCN1. The Bertz CT molecular complexity index is 1420. The minimum absolute atomic E-state index is 0. The molecule has 0 aromatic heterocycles. The van der Waals surface area contributed by atoms with Crippen LogP contribution in [-0.2, 0) is 17.6 Å². The van der Waals surface area contributed by atoms with E-state index >= 15 is 0 Å². The fourth-order valence-electron chi connectivity index (χ4n) is 5.83. The van der Waals surface area contributed by atoms with Crippen molar-refractivity contribution in [1.82, 2.24) is 20.9 Å². The Morgan fingerprint density at radius 3 is 2.51 bits per heavy atom. The summed E-state index contributed by atoms with van der Waals surface area (Å²) in [5.41, 5.74) is 4.65. The maximum atomic E-state index is 13.8. The predicted molar refractivity (Wildman–Crippen MR) is 171 cm³/mol. The van der Waals surface area contributed by atoms with Crippen molar-refractivity contribution in [2.24, 2.45) is 5.92 Å². The summed E-state index contributed by atoms with van der Waals surface area (Å²) in [6.07, 6.45) is 4.03. The number of phenols is 1. The van der Waals surface area contributed by atoms with Gasteiger partial charge in [0.25, 0.3) is 11.8 Å². The van der Waals surface area contributed by atoms with E-state index in [1.54, 1.807) is 24.3 Å². The van der Waals surface area contributed by atoms with Crippen molar-refractivity contribution in [1.29, 1.82) is 0 Å². The number of carbonyl (C=O) groups is 3. The standard InChI is InChI=1S/C34H40N4O4.ClH/c39-31-12-11-24-14-17-36-32(40)10-4-18-38(34(42)29-9-2-1-6-26(29)20-25-13-16-35-23-25)19-5-15-37-33(41)28-8-3-7-27(22-28)30(31)21-24;/h1-3,6-9,11-12,21-22,25,35,39H,4-5,10,13-20,23H2,(H,36,40)(H,37,41);1H. The molecule has 0 radical (unpaired) electrons. The lowest BCUT2D eigenvalue weighted by atomic mass is 9.94. The summed E-state index contributed by atoms with van der Waals surface area (Å²) in [6.45, 7) is 3.79. The van der Waals surface area contributed by atoms with E-state index in [-0.39, 0.29) is 35.9 Å². The number of phenolic OH excluding ortho intramolecular Hbond substituents is 1. The number of benzene rings is 3. The van der Waals surface area contributed by atoms with Crippen LogP contribution in [-0.4, -0.2) is 67.0 Å². The first-order valence-electron chi connectivity index (χ1n) is 15.0. The molecule has 0 aliphatic carbocycles. The molecule has 3 aromatic carbocycles. The van der Waals surface area contributed by atoms with Crippen LogP contribution in [0.2, 0.25) is 0 Å². The summed E-state index contributed by atoms with van der Waals surface area (Å²) in [7, 11) is 0. The summed E-state index contributed by atoms with van der Waals surface area (Å²) in [4.78, 5) is 41.3. The highest BCUT2D eigenvalue weighted by Gasteiger charge is 2.22. The minimum atomic E-state index is -0.200. The van der Waals surface area contributed by atoms with Gasteiger partial charge in [-0.15, -0.1) is 12.4 Å². The second-order valence-electron chi connectivity index (χ2n) is 11.3. The average Bonchev–Trinajstić information content (AvgIpc) is 3.52. The first kappa shape index (κ1) is 32.0. The van der Waals surface area contributed by atoms with Crippen LogP contribution in [0, 0.1) is 5.92 Å². The van der Waals surface area contributed by atoms with Crippen molar-refractivity contribution in [3.8, 4) is 16.9 Å². The first-order chi connectivity index (χ1) is 20.5. The lowest BCUT2D eigenvalue weighted by Crippen LogP contribution is -2.36. The van der Waals surface area contributed by atoms with E-state index in [1.807, 2.05) is 47.4 Å². The van der Waals surface area contributed by atoms with Gasteiger partial charge in [0, 0.05) is 49.3 Å².